The van der Waals surface area contributed by atoms with Crippen LogP contribution >= 0.6 is 15.9 Å². The summed E-state index contributed by atoms with van der Waals surface area (Å²) in [4.78, 5) is 17.7. The molecule has 0 atom stereocenters. The van der Waals surface area contributed by atoms with Crippen LogP contribution in [0.5, 0.6) is 11.5 Å². The minimum Gasteiger partial charge on any atom is -0.496 e. The van der Waals surface area contributed by atoms with E-state index in [1.807, 2.05) is 48.5 Å². The maximum atomic E-state index is 13.2. The highest BCUT2D eigenvalue weighted by atomic mass is 79.9. The zero-order valence-corrected chi connectivity index (χ0v) is 20.9. The lowest BCUT2D eigenvalue weighted by Gasteiger charge is -2.15. The van der Waals surface area contributed by atoms with Crippen molar-refractivity contribution in [1.82, 2.24) is 9.55 Å². The summed E-state index contributed by atoms with van der Waals surface area (Å²) in [6.07, 6.45) is 5.37. The number of nitrogens with zero attached hydrogens (tertiary/aromatic N) is 2. The van der Waals surface area contributed by atoms with Crippen molar-refractivity contribution in [3.05, 3.63) is 86.7 Å². The Balaban J connectivity index is 1.88. The average molecular weight is 517 g/mol. The van der Waals surface area contributed by atoms with E-state index in [2.05, 4.69) is 52.8 Å². The molecule has 0 spiro atoms. The van der Waals surface area contributed by atoms with E-state index in [-0.39, 0.29) is 12.3 Å². The fourth-order valence-corrected chi connectivity index (χ4v) is 4.27. The maximum Gasteiger partial charge on any atom is 0.348 e. The summed E-state index contributed by atoms with van der Waals surface area (Å²) in [5.41, 5.74) is 4.08. The highest BCUT2D eigenvalue weighted by Crippen LogP contribution is 2.31. The Bertz CT molecular complexity index is 1430. The Hall–Kier alpha value is -3.56. The second-order valence-electron chi connectivity index (χ2n) is 8.25. The molecule has 6 heteroatoms. The van der Waals surface area contributed by atoms with Crippen molar-refractivity contribution in [3.8, 4) is 35.1 Å². The van der Waals surface area contributed by atoms with Gasteiger partial charge in [-0.25, -0.2) is 4.79 Å². The van der Waals surface area contributed by atoms with Gasteiger partial charge in [0, 0.05) is 10.9 Å². The molecule has 0 N–H and O–H groups in total. The molecular formula is C28H25BrN2O3. The van der Waals surface area contributed by atoms with Gasteiger partial charge in [-0.3, -0.25) is 4.57 Å². The number of ether oxygens (including phenoxy) is 2. The first-order chi connectivity index (χ1) is 16.4. The molecule has 0 saturated carbocycles. The number of terminal acetylenes is 1. The lowest BCUT2D eigenvalue weighted by Crippen LogP contribution is -2.24. The summed E-state index contributed by atoms with van der Waals surface area (Å²) in [6, 6.07) is 19.5. The van der Waals surface area contributed by atoms with Gasteiger partial charge in [-0.1, -0.05) is 50.1 Å². The Morgan fingerprint density at radius 1 is 1.09 bits per heavy atom. The largest absolute Gasteiger partial charge is 0.496 e. The van der Waals surface area contributed by atoms with Crippen LogP contribution < -0.4 is 15.2 Å². The Morgan fingerprint density at radius 2 is 1.85 bits per heavy atom. The van der Waals surface area contributed by atoms with Crippen molar-refractivity contribution in [1.29, 1.82) is 0 Å². The fourth-order valence-electron chi connectivity index (χ4n) is 3.86. The molecule has 4 rings (SSSR count). The number of halogens is 1. The molecule has 0 aliphatic carbocycles. The van der Waals surface area contributed by atoms with Gasteiger partial charge in [0.25, 0.3) is 0 Å². The first-order valence-electron chi connectivity index (χ1n) is 10.9. The molecule has 172 valence electrons. The van der Waals surface area contributed by atoms with Gasteiger partial charge in [-0.05, 0) is 63.3 Å². The maximum absolute atomic E-state index is 13.2. The molecule has 0 radical (unpaired) electrons. The van der Waals surface area contributed by atoms with Crippen LogP contribution in [0.1, 0.15) is 30.9 Å². The van der Waals surface area contributed by atoms with Crippen LogP contribution in [0.25, 0.3) is 22.2 Å². The van der Waals surface area contributed by atoms with Crippen LogP contribution in [-0.2, 0) is 6.54 Å². The van der Waals surface area contributed by atoms with E-state index >= 15 is 0 Å². The third-order valence-electron chi connectivity index (χ3n) is 5.68. The van der Waals surface area contributed by atoms with Crippen LogP contribution in [0.4, 0.5) is 0 Å². The van der Waals surface area contributed by atoms with Crippen molar-refractivity contribution in [2.75, 3.05) is 13.7 Å². The number of hydrogen-bond acceptors (Lipinski definition) is 4. The smallest absolute Gasteiger partial charge is 0.348 e. The van der Waals surface area contributed by atoms with Crippen molar-refractivity contribution in [3.63, 3.8) is 0 Å². The van der Waals surface area contributed by atoms with E-state index in [0.717, 1.165) is 26.5 Å². The fraction of sp³-hybridized carbons (Fsp3) is 0.214. The molecule has 5 nitrogen and oxygen atoms in total. The molecule has 0 saturated heterocycles. The monoisotopic (exact) mass is 516 g/mol. The second-order valence-corrected chi connectivity index (χ2v) is 9.10. The molecule has 4 aromatic rings. The van der Waals surface area contributed by atoms with Gasteiger partial charge >= 0.3 is 5.69 Å². The Morgan fingerprint density at radius 3 is 2.53 bits per heavy atom. The predicted molar refractivity (Wildman–Crippen MR) is 140 cm³/mol. The molecular weight excluding hydrogens is 492 g/mol. The van der Waals surface area contributed by atoms with E-state index in [1.54, 1.807) is 11.7 Å². The summed E-state index contributed by atoms with van der Waals surface area (Å²) in [5.74, 6) is 4.23. The van der Waals surface area contributed by atoms with Crippen LogP contribution in [0.2, 0.25) is 0 Å². The lowest BCUT2D eigenvalue weighted by atomic mass is 9.99. The standard InChI is InChI=1S/C28H25BrN2O3/c1-5-14-34-22-11-13-25-23(16-22)27(21-9-7-20(8-10-21)18(2)3)30-28(32)31(25)17-19-6-12-24(29)26(15-19)33-4/h1,6-13,15-16,18H,14,17H2,2-4H3. The number of rotatable bonds is 7. The number of benzene rings is 3. The van der Waals surface area contributed by atoms with Gasteiger partial charge in [0.1, 0.15) is 18.1 Å². The Kier molecular flexibility index (Phi) is 7.04. The predicted octanol–water partition coefficient (Wildman–Crippen LogP) is 6.02. The SMILES string of the molecule is C#CCOc1ccc2c(c1)c(-c1ccc(C(C)C)cc1)nc(=O)n2Cc1ccc(Br)c(OC)c1. The van der Waals surface area contributed by atoms with Gasteiger partial charge in [-0.2, -0.15) is 4.98 Å². The van der Waals surface area contributed by atoms with Gasteiger partial charge in [0.2, 0.25) is 0 Å². The summed E-state index contributed by atoms with van der Waals surface area (Å²) in [7, 11) is 1.62. The van der Waals surface area contributed by atoms with Crippen molar-refractivity contribution in [2.24, 2.45) is 0 Å². The van der Waals surface area contributed by atoms with E-state index in [9.17, 15) is 4.79 Å². The zero-order chi connectivity index (χ0) is 24.2. The molecule has 1 aromatic heterocycles. The van der Waals surface area contributed by atoms with Crippen LogP contribution in [0, 0.1) is 12.3 Å². The van der Waals surface area contributed by atoms with E-state index in [4.69, 9.17) is 15.9 Å². The van der Waals surface area contributed by atoms with E-state index < -0.39 is 0 Å². The molecule has 3 aromatic carbocycles. The second kappa shape index (κ2) is 10.1. The number of fused-ring (bicyclic) bond motifs is 1. The topological polar surface area (TPSA) is 53.3 Å². The third-order valence-corrected chi connectivity index (χ3v) is 6.34. The minimum absolute atomic E-state index is 0.162. The number of aromatic nitrogens is 2. The summed E-state index contributed by atoms with van der Waals surface area (Å²) in [5, 5.41) is 0.815. The summed E-state index contributed by atoms with van der Waals surface area (Å²) in [6.45, 7) is 4.81. The molecule has 0 unspecified atom stereocenters. The molecule has 34 heavy (non-hydrogen) atoms. The van der Waals surface area contributed by atoms with Gasteiger partial charge in [-0.15, -0.1) is 6.42 Å². The normalized spacial score (nSPS) is 10.9. The van der Waals surface area contributed by atoms with Crippen LogP contribution in [0.3, 0.4) is 0 Å². The first-order valence-corrected chi connectivity index (χ1v) is 11.7. The average Bonchev–Trinajstić information content (AvgIpc) is 2.85. The number of hydrogen-bond donors (Lipinski definition) is 0. The van der Waals surface area contributed by atoms with Crippen molar-refractivity contribution >= 4 is 26.8 Å². The van der Waals surface area contributed by atoms with E-state index in [0.29, 0.717) is 29.7 Å². The van der Waals surface area contributed by atoms with Gasteiger partial charge < -0.3 is 9.47 Å². The minimum atomic E-state index is -0.324. The molecule has 0 fully saturated rings. The highest BCUT2D eigenvalue weighted by molar-refractivity contribution is 9.10. The van der Waals surface area contributed by atoms with Gasteiger partial charge in [0.05, 0.1) is 29.3 Å². The zero-order valence-electron chi connectivity index (χ0n) is 19.3. The Labute approximate surface area is 207 Å². The van der Waals surface area contributed by atoms with Crippen molar-refractivity contribution < 1.29 is 9.47 Å². The first kappa shape index (κ1) is 23.6. The van der Waals surface area contributed by atoms with Crippen LogP contribution in [0.15, 0.2) is 69.9 Å². The molecule has 0 amide bonds. The van der Waals surface area contributed by atoms with E-state index in [1.165, 1.54) is 5.56 Å². The molecule has 0 aliphatic heterocycles. The number of methoxy groups -OCH3 is 1. The van der Waals surface area contributed by atoms with Gasteiger partial charge in [0.15, 0.2) is 0 Å². The molecule has 0 bridgehead atoms. The summed E-state index contributed by atoms with van der Waals surface area (Å²) >= 11 is 3.47. The lowest BCUT2D eigenvalue weighted by molar-refractivity contribution is 0.371. The quantitative estimate of drug-likeness (QED) is 0.282. The summed E-state index contributed by atoms with van der Waals surface area (Å²) < 4.78 is 13.6. The highest BCUT2D eigenvalue weighted by Gasteiger charge is 2.15. The van der Waals surface area contributed by atoms with Crippen LogP contribution in [-0.4, -0.2) is 23.3 Å². The molecule has 0 aliphatic rings. The molecule has 1 heterocycles. The third kappa shape index (κ3) is 4.85. The van der Waals surface area contributed by atoms with Crippen molar-refractivity contribution in [2.45, 2.75) is 26.3 Å².